The van der Waals surface area contributed by atoms with Crippen molar-refractivity contribution < 1.29 is 9.47 Å². The summed E-state index contributed by atoms with van der Waals surface area (Å²) >= 11 is 0. The van der Waals surface area contributed by atoms with Crippen molar-refractivity contribution in [2.45, 2.75) is 59.1 Å². The van der Waals surface area contributed by atoms with Gasteiger partial charge >= 0.3 is 0 Å². The van der Waals surface area contributed by atoms with E-state index in [9.17, 15) is 0 Å². The molecule has 1 aromatic rings. The normalized spacial score (nSPS) is 15.4. The topological polar surface area (TPSA) is 59.0 Å². The number of ether oxygens (including phenoxy) is 2. The summed E-state index contributed by atoms with van der Waals surface area (Å²) in [5.41, 5.74) is 1.03. The molecule has 0 aromatic carbocycles. The van der Waals surface area contributed by atoms with Crippen LogP contribution in [0.5, 0.6) is 5.88 Å². The van der Waals surface area contributed by atoms with Crippen LogP contribution in [0.2, 0.25) is 0 Å². The maximum atomic E-state index is 5.83. The van der Waals surface area contributed by atoms with Crippen molar-refractivity contribution in [3.63, 3.8) is 0 Å². The van der Waals surface area contributed by atoms with Gasteiger partial charge < -0.3 is 19.7 Å². The molecule has 1 aromatic heterocycles. The molecule has 1 aliphatic heterocycles. The van der Waals surface area contributed by atoms with E-state index in [0.29, 0.717) is 25.1 Å². The van der Waals surface area contributed by atoms with Crippen LogP contribution in [0.1, 0.15) is 52.0 Å². The number of aliphatic imine (C=N–C) groups is 1. The Bertz CT molecular complexity index is 549. The lowest BCUT2D eigenvalue weighted by molar-refractivity contribution is 0.0263. The molecule has 0 atom stereocenters. The fraction of sp³-hybridized carbons (Fsp3) is 0.700. The highest BCUT2D eigenvalue weighted by atomic mass is 127. The molecule has 2 rings (SSSR count). The summed E-state index contributed by atoms with van der Waals surface area (Å²) in [6.45, 7) is 11.2. The summed E-state index contributed by atoms with van der Waals surface area (Å²) in [5, 5.41) is 3.42. The lowest BCUT2D eigenvalue weighted by atomic mass is 10.1. The van der Waals surface area contributed by atoms with Gasteiger partial charge in [-0.15, -0.1) is 24.0 Å². The van der Waals surface area contributed by atoms with Crippen LogP contribution in [0.3, 0.4) is 0 Å². The number of unbranched alkanes of at least 4 members (excludes halogenated alkanes) is 1. The number of nitrogens with one attached hydrogen (secondary N) is 1. The minimum Gasteiger partial charge on any atom is -0.477 e. The molecule has 6 nitrogen and oxygen atoms in total. The molecule has 0 spiro atoms. The first kappa shape index (κ1) is 23.9. The molecule has 154 valence electrons. The first-order valence-corrected chi connectivity index (χ1v) is 10.00. The lowest BCUT2D eigenvalue weighted by Crippen LogP contribution is -2.47. The van der Waals surface area contributed by atoms with Gasteiger partial charge in [-0.25, -0.2) is 9.98 Å². The summed E-state index contributed by atoms with van der Waals surface area (Å²) in [5.74, 6) is 1.67. The van der Waals surface area contributed by atoms with Gasteiger partial charge in [-0.2, -0.15) is 0 Å². The van der Waals surface area contributed by atoms with Gasteiger partial charge in [0.2, 0.25) is 5.88 Å². The maximum absolute atomic E-state index is 5.83. The highest BCUT2D eigenvalue weighted by Gasteiger charge is 2.21. The molecule has 0 bridgehead atoms. The quantitative estimate of drug-likeness (QED) is 0.247. The van der Waals surface area contributed by atoms with Crippen molar-refractivity contribution in [3.05, 3.63) is 23.9 Å². The van der Waals surface area contributed by atoms with Crippen molar-refractivity contribution in [1.29, 1.82) is 0 Å². The van der Waals surface area contributed by atoms with E-state index in [0.717, 1.165) is 63.4 Å². The molecule has 1 aliphatic rings. The number of pyridine rings is 1. The van der Waals surface area contributed by atoms with Gasteiger partial charge in [0.25, 0.3) is 0 Å². The Morgan fingerprint density at radius 1 is 1.30 bits per heavy atom. The minimum atomic E-state index is 0. The molecule has 0 unspecified atom stereocenters. The van der Waals surface area contributed by atoms with Gasteiger partial charge in [0.15, 0.2) is 5.96 Å². The number of guanidine groups is 1. The predicted octanol–water partition coefficient (Wildman–Crippen LogP) is 3.84. The van der Waals surface area contributed by atoms with Crippen LogP contribution in [0.25, 0.3) is 0 Å². The van der Waals surface area contributed by atoms with Crippen LogP contribution in [-0.2, 0) is 11.3 Å². The smallest absolute Gasteiger partial charge is 0.218 e. The van der Waals surface area contributed by atoms with Gasteiger partial charge in [-0.1, -0.05) is 19.4 Å². The largest absolute Gasteiger partial charge is 0.477 e. The second-order valence-corrected chi connectivity index (χ2v) is 6.48. The van der Waals surface area contributed by atoms with Gasteiger partial charge in [-0.05, 0) is 39.2 Å². The number of hydrogen-bond donors (Lipinski definition) is 1. The molecular formula is C20H35IN4O2. The first-order chi connectivity index (χ1) is 12.8. The average Bonchev–Trinajstić information content (AvgIpc) is 2.67. The van der Waals surface area contributed by atoms with Gasteiger partial charge in [0.05, 0.1) is 19.3 Å². The van der Waals surface area contributed by atoms with Crippen LogP contribution in [0.15, 0.2) is 23.3 Å². The first-order valence-electron chi connectivity index (χ1n) is 10.00. The van der Waals surface area contributed by atoms with E-state index in [1.807, 2.05) is 12.1 Å². The number of likely N-dealkylation sites (tertiary alicyclic amines) is 1. The third-order valence-electron chi connectivity index (χ3n) is 4.46. The van der Waals surface area contributed by atoms with E-state index >= 15 is 0 Å². The van der Waals surface area contributed by atoms with E-state index in [2.05, 4.69) is 36.0 Å². The SMILES string of the molecule is CCCCOc1ncccc1CN=C(NCC)N1CCC(OCC)CC1.I. The number of rotatable bonds is 9. The molecule has 0 radical (unpaired) electrons. The van der Waals surface area contributed by atoms with E-state index in [1.165, 1.54) is 0 Å². The van der Waals surface area contributed by atoms with Crippen LogP contribution in [0.4, 0.5) is 0 Å². The monoisotopic (exact) mass is 490 g/mol. The summed E-state index contributed by atoms with van der Waals surface area (Å²) in [4.78, 5) is 11.5. The summed E-state index contributed by atoms with van der Waals surface area (Å²) in [6.07, 6.45) is 6.42. The highest BCUT2D eigenvalue weighted by Crippen LogP contribution is 2.17. The summed E-state index contributed by atoms with van der Waals surface area (Å²) in [7, 11) is 0. The van der Waals surface area contributed by atoms with Crippen molar-refractivity contribution in [3.8, 4) is 5.88 Å². The minimum absolute atomic E-state index is 0. The maximum Gasteiger partial charge on any atom is 0.218 e. The molecule has 7 heteroatoms. The van der Waals surface area contributed by atoms with E-state index in [1.54, 1.807) is 6.20 Å². The average molecular weight is 490 g/mol. The number of aromatic nitrogens is 1. The molecule has 27 heavy (non-hydrogen) atoms. The van der Waals surface area contributed by atoms with E-state index < -0.39 is 0 Å². The number of halogens is 1. The lowest BCUT2D eigenvalue weighted by Gasteiger charge is -2.34. The Hall–Kier alpha value is -1.09. The molecule has 1 N–H and O–H groups in total. The second-order valence-electron chi connectivity index (χ2n) is 6.48. The molecule has 0 aliphatic carbocycles. The van der Waals surface area contributed by atoms with Crippen LogP contribution in [0, 0.1) is 0 Å². The van der Waals surface area contributed by atoms with Crippen molar-refractivity contribution in [1.82, 2.24) is 15.2 Å². The van der Waals surface area contributed by atoms with Gasteiger partial charge in [-0.3, -0.25) is 0 Å². The highest BCUT2D eigenvalue weighted by molar-refractivity contribution is 14.0. The summed E-state index contributed by atoms with van der Waals surface area (Å²) < 4.78 is 11.6. The fourth-order valence-electron chi connectivity index (χ4n) is 3.04. The molecular weight excluding hydrogens is 455 g/mol. The third-order valence-corrected chi connectivity index (χ3v) is 4.46. The van der Waals surface area contributed by atoms with Crippen molar-refractivity contribution >= 4 is 29.9 Å². The van der Waals surface area contributed by atoms with Crippen molar-refractivity contribution in [2.75, 3.05) is 32.8 Å². The Labute approximate surface area is 181 Å². The Balaban J connectivity index is 0.00000364. The molecule has 2 heterocycles. The zero-order chi connectivity index (χ0) is 18.6. The molecule has 1 saturated heterocycles. The standard InChI is InChI=1S/C20H34N4O2.HI/c1-4-7-15-26-19-17(9-8-12-22-19)16-23-20(21-5-2)24-13-10-18(11-14-24)25-6-3;/h8-9,12,18H,4-7,10-11,13-16H2,1-3H3,(H,21,23);1H. The van der Waals surface area contributed by atoms with Crippen LogP contribution >= 0.6 is 24.0 Å². The van der Waals surface area contributed by atoms with Gasteiger partial charge in [0.1, 0.15) is 0 Å². The van der Waals surface area contributed by atoms with E-state index in [4.69, 9.17) is 14.5 Å². The number of nitrogens with zero attached hydrogens (tertiary/aromatic N) is 3. The van der Waals surface area contributed by atoms with Crippen LogP contribution in [-0.4, -0.2) is 54.8 Å². The van der Waals surface area contributed by atoms with E-state index in [-0.39, 0.29) is 24.0 Å². The van der Waals surface area contributed by atoms with Crippen molar-refractivity contribution in [2.24, 2.45) is 4.99 Å². The number of hydrogen-bond acceptors (Lipinski definition) is 4. The Morgan fingerprint density at radius 2 is 2.07 bits per heavy atom. The van der Waals surface area contributed by atoms with Crippen LogP contribution < -0.4 is 10.1 Å². The Morgan fingerprint density at radius 3 is 2.74 bits per heavy atom. The summed E-state index contributed by atoms with van der Waals surface area (Å²) in [6, 6.07) is 3.99. The molecule has 1 fully saturated rings. The molecule has 0 amide bonds. The second kappa shape index (κ2) is 14.0. The number of piperidine rings is 1. The Kier molecular flexibility index (Phi) is 12.4. The zero-order valence-corrected chi connectivity index (χ0v) is 19.3. The fourth-order valence-corrected chi connectivity index (χ4v) is 3.04. The molecule has 0 saturated carbocycles. The third kappa shape index (κ3) is 8.21. The predicted molar refractivity (Wildman–Crippen MR) is 121 cm³/mol. The van der Waals surface area contributed by atoms with Gasteiger partial charge in [0, 0.05) is 38.0 Å². The zero-order valence-electron chi connectivity index (χ0n) is 16.9.